The summed E-state index contributed by atoms with van der Waals surface area (Å²) in [5.74, 6) is -0.177. The Morgan fingerprint density at radius 2 is 1.57 bits per heavy atom. The van der Waals surface area contributed by atoms with Crippen molar-refractivity contribution in [3.05, 3.63) is 69.2 Å². The summed E-state index contributed by atoms with van der Waals surface area (Å²) in [6, 6.07) is 6.93. The lowest BCUT2D eigenvalue weighted by atomic mass is 9.82. The summed E-state index contributed by atoms with van der Waals surface area (Å²) in [6.45, 7) is 1.70. The van der Waals surface area contributed by atoms with Crippen LogP contribution in [0.2, 0.25) is 0 Å². The number of carbonyl (C=O) groups is 2. The lowest BCUT2D eigenvalue weighted by Gasteiger charge is -2.18. The predicted octanol–water partition coefficient (Wildman–Crippen LogP) is 3.18. The second-order valence-corrected chi connectivity index (χ2v) is 5.55. The van der Waals surface area contributed by atoms with Crippen molar-refractivity contribution in [1.82, 2.24) is 9.97 Å². The van der Waals surface area contributed by atoms with Gasteiger partial charge in [-0.05, 0) is 28.4 Å². The van der Waals surface area contributed by atoms with E-state index in [0.717, 1.165) is 5.56 Å². The standard InChI is InChI=1S/C16H11BrN2O2/c1-9-13(6-10-7-18-16(17)19-8-10)15(21)12-5-3-2-4-11(12)14(9)20/h2-5,7-8H,6H2,1H3. The number of hydrogen-bond donors (Lipinski definition) is 0. The van der Waals surface area contributed by atoms with E-state index in [1.165, 1.54) is 0 Å². The zero-order valence-corrected chi connectivity index (χ0v) is 12.8. The van der Waals surface area contributed by atoms with Crippen molar-refractivity contribution >= 4 is 27.5 Å². The fraction of sp³-hybridized carbons (Fsp3) is 0.125. The van der Waals surface area contributed by atoms with Gasteiger partial charge in [0.2, 0.25) is 0 Å². The molecule has 5 heteroatoms. The average molecular weight is 343 g/mol. The van der Waals surface area contributed by atoms with Crippen LogP contribution in [0.1, 0.15) is 33.2 Å². The predicted molar refractivity (Wildman–Crippen MR) is 81.2 cm³/mol. The van der Waals surface area contributed by atoms with Crippen molar-refractivity contribution in [1.29, 1.82) is 0 Å². The molecule has 3 rings (SSSR count). The highest BCUT2D eigenvalue weighted by Crippen LogP contribution is 2.28. The number of nitrogens with zero attached hydrogens (tertiary/aromatic N) is 2. The molecule has 0 saturated heterocycles. The summed E-state index contributed by atoms with van der Waals surface area (Å²) >= 11 is 3.17. The van der Waals surface area contributed by atoms with Crippen LogP contribution in [-0.2, 0) is 6.42 Å². The highest BCUT2D eigenvalue weighted by Gasteiger charge is 2.29. The Balaban J connectivity index is 2.02. The molecule has 1 heterocycles. The molecule has 1 aromatic carbocycles. The zero-order chi connectivity index (χ0) is 15.0. The van der Waals surface area contributed by atoms with Crippen molar-refractivity contribution < 1.29 is 9.59 Å². The van der Waals surface area contributed by atoms with Gasteiger partial charge in [0.25, 0.3) is 0 Å². The topological polar surface area (TPSA) is 59.9 Å². The molecule has 0 saturated carbocycles. The van der Waals surface area contributed by atoms with Gasteiger partial charge in [0.15, 0.2) is 16.3 Å². The van der Waals surface area contributed by atoms with Gasteiger partial charge in [-0.15, -0.1) is 0 Å². The van der Waals surface area contributed by atoms with Crippen LogP contribution in [-0.4, -0.2) is 21.5 Å². The van der Waals surface area contributed by atoms with Gasteiger partial charge in [0.1, 0.15) is 0 Å². The van der Waals surface area contributed by atoms with Crippen molar-refractivity contribution in [3.63, 3.8) is 0 Å². The van der Waals surface area contributed by atoms with Crippen LogP contribution in [0.25, 0.3) is 0 Å². The molecule has 0 radical (unpaired) electrons. The average Bonchev–Trinajstić information content (AvgIpc) is 2.51. The summed E-state index contributed by atoms with van der Waals surface area (Å²) in [5, 5.41) is 0. The number of benzene rings is 1. The Labute approximate surface area is 130 Å². The highest BCUT2D eigenvalue weighted by molar-refractivity contribution is 9.10. The first-order chi connectivity index (χ1) is 10.1. The van der Waals surface area contributed by atoms with Gasteiger partial charge >= 0.3 is 0 Å². The van der Waals surface area contributed by atoms with Gasteiger partial charge < -0.3 is 0 Å². The molecule has 0 spiro atoms. The molecular weight excluding hydrogens is 332 g/mol. The third kappa shape index (κ3) is 2.45. The summed E-state index contributed by atoms with van der Waals surface area (Å²) in [5.41, 5.74) is 2.77. The second-order valence-electron chi connectivity index (χ2n) is 4.84. The molecule has 2 aromatic rings. The summed E-state index contributed by atoms with van der Waals surface area (Å²) in [7, 11) is 0. The van der Waals surface area contributed by atoms with Gasteiger partial charge in [0.05, 0.1) is 0 Å². The van der Waals surface area contributed by atoms with Gasteiger partial charge in [-0.3, -0.25) is 9.59 Å². The molecule has 0 N–H and O–H groups in total. The quantitative estimate of drug-likeness (QED) is 0.786. The molecule has 0 unspecified atom stereocenters. The second kappa shape index (κ2) is 5.33. The number of aromatic nitrogens is 2. The van der Waals surface area contributed by atoms with Gasteiger partial charge in [0, 0.05) is 41.1 Å². The number of carbonyl (C=O) groups excluding carboxylic acids is 2. The maximum atomic E-state index is 12.6. The molecule has 4 nitrogen and oxygen atoms in total. The van der Waals surface area contributed by atoms with Crippen molar-refractivity contribution in [2.75, 3.05) is 0 Å². The molecular formula is C16H11BrN2O2. The van der Waals surface area contributed by atoms with E-state index < -0.39 is 0 Å². The van der Waals surface area contributed by atoms with E-state index in [2.05, 4.69) is 25.9 Å². The van der Waals surface area contributed by atoms with Crippen molar-refractivity contribution in [2.24, 2.45) is 0 Å². The molecule has 104 valence electrons. The molecule has 0 aliphatic heterocycles. The molecule has 0 fully saturated rings. The van der Waals surface area contributed by atoms with E-state index in [0.29, 0.717) is 33.4 Å². The van der Waals surface area contributed by atoms with Crippen LogP contribution >= 0.6 is 15.9 Å². The Kier molecular flexibility index (Phi) is 3.51. The lowest BCUT2D eigenvalue weighted by Crippen LogP contribution is -2.22. The Morgan fingerprint density at radius 1 is 1.00 bits per heavy atom. The van der Waals surface area contributed by atoms with Gasteiger partial charge in [-0.2, -0.15) is 0 Å². The summed E-state index contributed by atoms with van der Waals surface area (Å²) in [4.78, 5) is 33.0. The van der Waals surface area contributed by atoms with E-state index in [-0.39, 0.29) is 11.6 Å². The fourth-order valence-corrected chi connectivity index (χ4v) is 2.60. The molecule has 1 aliphatic carbocycles. The van der Waals surface area contributed by atoms with Crippen LogP contribution in [0.3, 0.4) is 0 Å². The fourth-order valence-electron chi connectivity index (χ4n) is 2.40. The number of allylic oxidation sites excluding steroid dienone is 2. The third-order valence-electron chi connectivity index (χ3n) is 3.54. The summed E-state index contributed by atoms with van der Waals surface area (Å²) in [6.07, 6.45) is 3.66. The normalized spacial score (nSPS) is 14.4. The number of ketones is 2. The number of rotatable bonds is 2. The Hall–Kier alpha value is -2.14. The van der Waals surface area contributed by atoms with Crippen LogP contribution in [0, 0.1) is 0 Å². The van der Waals surface area contributed by atoms with E-state index in [9.17, 15) is 9.59 Å². The van der Waals surface area contributed by atoms with Crippen LogP contribution in [0.5, 0.6) is 0 Å². The van der Waals surface area contributed by atoms with E-state index in [1.54, 1.807) is 43.6 Å². The third-order valence-corrected chi connectivity index (χ3v) is 3.95. The lowest BCUT2D eigenvalue weighted by molar-refractivity contribution is 0.0973. The van der Waals surface area contributed by atoms with Gasteiger partial charge in [-0.1, -0.05) is 24.3 Å². The molecule has 0 bridgehead atoms. The smallest absolute Gasteiger partial charge is 0.196 e. The van der Waals surface area contributed by atoms with Crippen LogP contribution in [0.4, 0.5) is 0 Å². The number of halogens is 1. The first-order valence-electron chi connectivity index (χ1n) is 6.42. The first kappa shape index (κ1) is 13.8. The SMILES string of the molecule is CC1=C(Cc2cnc(Br)nc2)C(=O)c2ccccc2C1=O. The maximum Gasteiger partial charge on any atom is 0.196 e. The number of fused-ring (bicyclic) bond motifs is 1. The van der Waals surface area contributed by atoms with Crippen LogP contribution < -0.4 is 0 Å². The molecule has 0 amide bonds. The minimum absolute atomic E-state index is 0.0850. The van der Waals surface area contributed by atoms with E-state index in [1.807, 2.05) is 0 Å². The van der Waals surface area contributed by atoms with Gasteiger partial charge in [-0.25, -0.2) is 9.97 Å². The number of Topliss-reactive ketones (excluding diaryl/α,β-unsaturated/α-hetero) is 2. The molecule has 21 heavy (non-hydrogen) atoms. The monoisotopic (exact) mass is 342 g/mol. The summed E-state index contributed by atoms with van der Waals surface area (Å²) < 4.78 is 0.494. The maximum absolute atomic E-state index is 12.6. The highest BCUT2D eigenvalue weighted by atomic mass is 79.9. The Bertz CT molecular complexity index is 779. The number of hydrogen-bond acceptors (Lipinski definition) is 4. The van der Waals surface area contributed by atoms with E-state index in [4.69, 9.17) is 0 Å². The first-order valence-corrected chi connectivity index (χ1v) is 7.22. The van der Waals surface area contributed by atoms with Crippen molar-refractivity contribution in [3.8, 4) is 0 Å². The minimum Gasteiger partial charge on any atom is -0.289 e. The van der Waals surface area contributed by atoms with Crippen molar-refractivity contribution in [2.45, 2.75) is 13.3 Å². The minimum atomic E-state index is -0.0920. The molecule has 1 aliphatic rings. The Morgan fingerprint density at radius 3 is 2.19 bits per heavy atom. The van der Waals surface area contributed by atoms with E-state index >= 15 is 0 Å². The molecule has 0 atom stereocenters. The molecule has 1 aromatic heterocycles. The van der Waals surface area contributed by atoms with Crippen LogP contribution in [0.15, 0.2) is 52.5 Å². The largest absolute Gasteiger partial charge is 0.289 e. The zero-order valence-electron chi connectivity index (χ0n) is 11.3.